The van der Waals surface area contributed by atoms with E-state index in [1.807, 2.05) is 6.92 Å². The fraction of sp³-hybridized carbons (Fsp3) is 0.500. The van der Waals surface area contributed by atoms with Crippen molar-refractivity contribution >= 4 is 0 Å². The summed E-state index contributed by atoms with van der Waals surface area (Å²) >= 11 is 0. The molecule has 56 valence electrons. The molecule has 1 aromatic heterocycles. The Bertz CT molecular complexity index is 207. The standard InChI is InChI=1S/C6H10N2O2/c1-5-3-6(7-10-5)4-8(2)9/h3,9H,4H2,1-2H3. The van der Waals surface area contributed by atoms with Gasteiger partial charge in [0.15, 0.2) is 0 Å². The van der Waals surface area contributed by atoms with Gasteiger partial charge >= 0.3 is 0 Å². The van der Waals surface area contributed by atoms with Crippen molar-refractivity contribution in [3.63, 3.8) is 0 Å². The van der Waals surface area contributed by atoms with Gasteiger partial charge in [-0.3, -0.25) is 0 Å². The lowest BCUT2D eigenvalue weighted by molar-refractivity contribution is -0.0745. The van der Waals surface area contributed by atoms with Gasteiger partial charge in [-0.15, -0.1) is 0 Å². The molecule has 1 N–H and O–H groups in total. The van der Waals surface area contributed by atoms with Crippen molar-refractivity contribution in [2.45, 2.75) is 13.5 Å². The van der Waals surface area contributed by atoms with E-state index in [0.717, 1.165) is 16.5 Å². The van der Waals surface area contributed by atoms with Crippen molar-refractivity contribution in [3.8, 4) is 0 Å². The third kappa shape index (κ3) is 1.82. The SMILES string of the molecule is Cc1cc(CN(C)O)no1. The Balaban J connectivity index is 2.58. The minimum Gasteiger partial charge on any atom is -0.361 e. The normalized spacial score (nSPS) is 10.8. The number of hydrogen-bond donors (Lipinski definition) is 1. The van der Waals surface area contributed by atoms with Crippen molar-refractivity contribution in [3.05, 3.63) is 17.5 Å². The van der Waals surface area contributed by atoms with Crippen LogP contribution in [0.25, 0.3) is 0 Å². The third-order valence-electron chi connectivity index (χ3n) is 1.07. The second-order valence-electron chi connectivity index (χ2n) is 2.24. The molecule has 0 radical (unpaired) electrons. The van der Waals surface area contributed by atoms with Crippen molar-refractivity contribution in [2.75, 3.05) is 7.05 Å². The van der Waals surface area contributed by atoms with Crippen molar-refractivity contribution < 1.29 is 9.73 Å². The summed E-state index contributed by atoms with van der Waals surface area (Å²) in [5.41, 5.74) is 0.738. The first-order valence-electron chi connectivity index (χ1n) is 3.00. The maximum absolute atomic E-state index is 8.77. The van der Waals surface area contributed by atoms with Crippen molar-refractivity contribution in [1.82, 2.24) is 10.2 Å². The van der Waals surface area contributed by atoms with Crippen molar-refractivity contribution in [1.29, 1.82) is 0 Å². The molecule has 0 aliphatic heterocycles. The fourth-order valence-electron chi connectivity index (χ4n) is 0.727. The minimum absolute atomic E-state index is 0.400. The average molecular weight is 142 g/mol. The molecule has 0 unspecified atom stereocenters. The van der Waals surface area contributed by atoms with Gasteiger partial charge in [-0.2, -0.15) is 5.06 Å². The van der Waals surface area contributed by atoms with Gasteiger partial charge in [0.2, 0.25) is 0 Å². The second kappa shape index (κ2) is 2.81. The van der Waals surface area contributed by atoms with Crippen LogP contribution in [0, 0.1) is 6.92 Å². The first-order valence-corrected chi connectivity index (χ1v) is 3.00. The topological polar surface area (TPSA) is 49.5 Å². The van der Waals surface area contributed by atoms with E-state index >= 15 is 0 Å². The predicted molar refractivity (Wildman–Crippen MR) is 34.5 cm³/mol. The number of aromatic nitrogens is 1. The number of hydrogen-bond acceptors (Lipinski definition) is 4. The molecule has 1 heterocycles. The van der Waals surface area contributed by atoms with E-state index in [-0.39, 0.29) is 0 Å². The van der Waals surface area contributed by atoms with Gasteiger partial charge in [-0.25, -0.2) is 0 Å². The number of nitrogens with zero attached hydrogens (tertiary/aromatic N) is 2. The molecule has 0 aliphatic rings. The van der Waals surface area contributed by atoms with Gasteiger partial charge in [0.25, 0.3) is 0 Å². The highest BCUT2D eigenvalue weighted by atomic mass is 16.5. The van der Waals surface area contributed by atoms with Crippen LogP contribution in [-0.2, 0) is 6.54 Å². The van der Waals surface area contributed by atoms with E-state index in [1.165, 1.54) is 0 Å². The first kappa shape index (κ1) is 7.24. The molecule has 4 heteroatoms. The van der Waals surface area contributed by atoms with E-state index < -0.39 is 0 Å². The highest BCUT2D eigenvalue weighted by molar-refractivity contribution is 5.02. The summed E-state index contributed by atoms with van der Waals surface area (Å²) in [6.07, 6.45) is 0. The van der Waals surface area contributed by atoms with Crippen LogP contribution in [0.5, 0.6) is 0 Å². The van der Waals surface area contributed by atoms with Gasteiger partial charge in [0.05, 0.1) is 6.54 Å². The maximum atomic E-state index is 8.77. The lowest BCUT2D eigenvalue weighted by Gasteiger charge is -2.02. The zero-order valence-corrected chi connectivity index (χ0v) is 6.03. The molecule has 0 saturated carbocycles. The van der Waals surface area contributed by atoms with Crippen molar-refractivity contribution in [2.24, 2.45) is 0 Å². The number of hydroxylamine groups is 2. The Hall–Kier alpha value is -0.870. The molecule has 0 atom stereocenters. The van der Waals surface area contributed by atoms with Crippen LogP contribution in [0.3, 0.4) is 0 Å². The van der Waals surface area contributed by atoms with Gasteiger partial charge in [0.1, 0.15) is 11.5 Å². The number of aryl methyl sites for hydroxylation is 1. The molecule has 0 spiro atoms. The monoisotopic (exact) mass is 142 g/mol. The summed E-state index contributed by atoms with van der Waals surface area (Å²) in [6, 6.07) is 1.78. The first-order chi connectivity index (χ1) is 4.68. The smallest absolute Gasteiger partial charge is 0.133 e. The van der Waals surface area contributed by atoms with E-state index in [1.54, 1.807) is 13.1 Å². The fourth-order valence-corrected chi connectivity index (χ4v) is 0.727. The molecule has 1 rings (SSSR count). The van der Waals surface area contributed by atoms with Crippen LogP contribution in [0.1, 0.15) is 11.5 Å². The summed E-state index contributed by atoms with van der Waals surface area (Å²) in [4.78, 5) is 0. The second-order valence-corrected chi connectivity index (χ2v) is 2.24. The Labute approximate surface area is 59.0 Å². The zero-order valence-electron chi connectivity index (χ0n) is 6.03. The van der Waals surface area contributed by atoms with Crippen LogP contribution in [0.2, 0.25) is 0 Å². The quantitative estimate of drug-likeness (QED) is 0.620. The minimum atomic E-state index is 0.400. The van der Waals surface area contributed by atoms with Gasteiger partial charge in [0, 0.05) is 13.1 Å². The molecule has 0 amide bonds. The summed E-state index contributed by atoms with van der Waals surface area (Å²) < 4.78 is 4.78. The predicted octanol–water partition coefficient (Wildman–Crippen LogP) is 0.804. The van der Waals surface area contributed by atoms with E-state index in [9.17, 15) is 0 Å². The van der Waals surface area contributed by atoms with Crippen LogP contribution in [0.4, 0.5) is 0 Å². The van der Waals surface area contributed by atoms with Crippen LogP contribution >= 0.6 is 0 Å². The summed E-state index contributed by atoms with van der Waals surface area (Å²) in [5.74, 6) is 0.761. The Morgan fingerprint density at radius 3 is 2.90 bits per heavy atom. The maximum Gasteiger partial charge on any atom is 0.133 e. The van der Waals surface area contributed by atoms with Crippen LogP contribution in [-0.4, -0.2) is 22.5 Å². The molecule has 0 fully saturated rings. The van der Waals surface area contributed by atoms with E-state index in [4.69, 9.17) is 9.73 Å². The lowest BCUT2D eigenvalue weighted by atomic mass is 10.4. The zero-order chi connectivity index (χ0) is 7.56. The Morgan fingerprint density at radius 1 is 1.80 bits per heavy atom. The summed E-state index contributed by atoms with van der Waals surface area (Å²) in [7, 11) is 1.56. The molecule has 0 aliphatic carbocycles. The molecular formula is C6H10N2O2. The van der Waals surface area contributed by atoms with E-state index in [0.29, 0.717) is 6.54 Å². The highest BCUT2D eigenvalue weighted by Gasteiger charge is 2.00. The Morgan fingerprint density at radius 2 is 2.50 bits per heavy atom. The largest absolute Gasteiger partial charge is 0.361 e. The van der Waals surface area contributed by atoms with Gasteiger partial charge in [-0.1, -0.05) is 5.16 Å². The van der Waals surface area contributed by atoms with Crippen LogP contribution in [0.15, 0.2) is 10.6 Å². The van der Waals surface area contributed by atoms with Gasteiger partial charge in [-0.05, 0) is 6.92 Å². The lowest BCUT2D eigenvalue weighted by Crippen LogP contribution is -2.11. The molecule has 4 nitrogen and oxygen atoms in total. The van der Waals surface area contributed by atoms with Gasteiger partial charge < -0.3 is 9.73 Å². The molecule has 10 heavy (non-hydrogen) atoms. The molecule has 0 bridgehead atoms. The van der Waals surface area contributed by atoms with E-state index in [2.05, 4.69) is 5.16 Å². The molecule has 0 saturated heterocycles. The third-order valence-corrected chi connectivity index (χ3v) is 1.07. The molecule has 1 aromatic rings. The Kier molecular flexibility index (Phi) is 2.03. The number of rotatable bonds is 2. The highest BCUT2D eigenvalue weighted by Crippen LogP contribution is 2.02. The van der Waals surface area contributed by atoms with Crippen LogP contribution < -0.4 is 0 Å². The summed E-state index contributed by atoms with van der Waals surface area (Å²) in [5, 5.41) is 13.5. The summed E-state index contributed by atoms with van der Waals surface area (Å²) in [6.45, 7) is 2.21. The molecular weight excluding hydrogens is 132 g/mol. The average Bonchev–Trinajstić information content (AvgIpc) is 2.13. The molecule has 0 aromatic carbocycles.